The number of carbonyl (C=O) groups is 4. The van der Waals surface area contributed by atoms with E-state index < -0.39 is 41.6 Å². The molecule has 9 heteroatoms. The van der Waals surface area contributed by atoms with E-state index in [9.17, 15) is 19.2 Å². The topological polar surface area (TPSA) is 114 Å². The van der Waals surface area contributed by atoms with Crippen LogP contribution in [0.25, 0.3) is 0 Å². The Labute approximate surface area is 213 Å². The summed E-state index contributed by atoms with van der Waals surface area (Å²) in [6.45, 7) is 10.7. The van der Waals surface area contributed by atoms with E-state index in [4.69, 9.17) is 15.9 Å². The lowest BCUT2D eigenvalue weighted by Crippen LogP contribution is -2.53. The highest BCUT2D eigenvalue weighted by atomic mass is 16.6. The number of nitrogens with zero attached hydrogens (tertiary/aromatic N) is 1. The molecule has 0 spiro atoms. The number of terminal acetylenes is 1. The smallest absolute Gasteiger partial charge is 0.408 e. The first-order valence-corrected chi connectivity index (χ1v) is 12.2. The van der Waals surface area contributed by atoms with Gasteiger partial charge in [-0.1, -0.05) is 31.0 Å². The van der Waals surface area contributed by atoms with Gasteiger partial charge in [0.05, 0.1) is 13.0 Å². The van der Waals surface area contributed by atoms with Crippen LogP contribution < -0.4 is 10.6 Å². The quantitative estimate of drug-likeness (QED) is 0.378. The maximum atomic E-state index is 13.7. The van der Waals surface area contributed by atoms with Crippen LogP contribution in [0.4, 0.5) is 4.79 Å². The normalized spacial score (nSPS) is 18.1. The first kappa shape index (κ1) is 28.7. The fraction of sp³-hybridized carbons (Fsp3) is 0.556. The van der Waals surface area contributed by atoms with Gasteiger partial charge in [0, 0.05) is 18.2 Å². The fourth-order valence-electron chi connectivity index (χ4n) is 3.84. The Morgan fingerprint density at radius 2 is 1.86 bits per heavy atom. The summed E-state index contributed by atoms with van der Waals surface area (Å²) in [5.41, 5.74) is 0.234. The van der Waals surface area contributed by atoms with Gasteiger partial charge in [0.1, 0.15) is 17.7 Å². The summed E-state index contributed by atoms with van der Waals surface area (Å²) in [7, 11) is 0. The Hall–Kier alpha value is -3.54. The van der Waals surface area contributed by atoms with Crippen molar-refractivity contribution >= 4 is 23.9 Å². The standard InChI is InChI=1S/C27H37N3O6/c1-8-19-12-10-11-13-20(19)23(24(32)28-15-14-22(31)35-9-2)30(21-16-17(21)3)25(33)18(4)29-26(34)36-27(5,6)7/h1,10-13,17-18,21,23H,9,14-16H2,2-7H3,(H,28,32)(H,29,34). The first-order chi connectivity index (χ1) is 16.9. The molecule has 196 valence electrons. The van der Waals surface area contributed by atoms with Gasteiger partial charge >= 0.3 is 12.1 Å². The Morgan fingerprint density at radius 1 is 1.22 bits per heavy atom. The van der Waals surface area contributed by atoms with Crippen LogP contribution in [0.2, 0.25) is 0 Å². The molecule has 3 amide bonds. The molecule has 2 N–H and O–H groups in total. The molecule has 0 heterocycles. The van der Waals surface area contributed by atoms with E-state index in [1.54, 1.807) is 58.9 Å². The Kier molecular flexibility index (Phi) is 9.91. The molecule has 0 bridgehead atoms. The molecule has 9 nitrogen and oxygen atoms in total. The van der Waals surface area contributed by atoms with Crippen molar-refractivity contribution in [3.63, 3.8) is 0 Å². The molecule has 1 saturated carbocycles. The van der Waals surface area contributed by atoms with Gasteiger partial charge in [-0.15, -0.1) is 6.42 Å². The van der Waals surface area contributed by atoms with E-state index in [2.05, 4.69) is 16.6 Å². The maximum absolute atomic E-state index is 13.7. The summed E-state index contributed by atoms with van der Waals surface area (Å²) in [6.07, 6.45) is 5.69. The summed E-state index contributed by atoms with van der Waals surface area (Å²) in [6, 6.07) is 4.70. The number of ether oxygens (including phenoxy) is 2. The van der Waals surface area contributed by atoms with Crippen LogP contribution in [0.1, 0.15) is 71.6 Å². The highest BCUT2D eigenvalue weighted by Gasteiger charge is 2.48. The number of hydrogen-bond donors (Lipinski definition) is 2. The van der Waals surface area contributed by atoms with E-state index in [0.717, 1.165) is 0 Å². The zero-order chi connectivity index (χ0) is 27.0. The van der Waals surface area contributed by atoms with Crippen molar-refractivity contribution in [3.8, 4) is 12.3 Å². The van der Waals surface area contributed by atoms with Gasteiger partial charge in [0.15, 0.2) is 0 Å². The van der Waals surface area contributed by atoms with Gasteiger partial charge in [0.25, 0.3) is 0 Å². The van der Waals surface area contributed by atoms with Crippen molar-refractivity contribution in [2.45, 2.75) is 78.1 Å². The fourth-order valence-corrected chi connectivity index (χ4v) is 3.84. The van der Waals surface area contributed by atoms with Crippen molar-refractivity contribution in [1.29, 1.82) is 0 Å². The number of hydrogen-bond acceptors (Lipinski definition) is 6. The lowest BCUT2D eigenvalue weighted by molar-refractivity contribution is -0.144. The molecule has 0 aromatic heterocycles. The molecular weight excluding hydrogens is 462 g/mol. The zero-order valence-electron chi connectivity index (χ0n) is 21.9. The van der Waals surface area contributed by atoms with Crippen molar-refractivity contribution < 1.29 is 28.7 Å². The third-order valence-corrected chi connectivity index (χ3v) is 5.65. The van der Waals surface area contributed by atoms with E-state index >= 15 is 0 Å². The average Bonchev–Trinajstić information content (AvgIpc) is 3.51. The molecule has 1 aromatic rings. The highest BCUT2D eigenvalue weighted by molar-refractivity contribution is 5.93. The van der Waals surface area contributed by atoms with Crippen LogP contribution in [-0.4, -0.2) is 59.6 Å². The number of rotatable bonds is 10. The lowest BCUT2D eigenvalue weighted by atomic mass is 9.97. The van der Waals surface area contributed by atoms with Gasteiger partial charge in [0.2, 0.25) is 11.8 Å². The molecule has 0 aliphatic heterocycles. The van der Waals surface area contributed by atoms with Crippen molar-refractivity contribution in [2.24, 2.45) is 5.92 Å². The maximum Gasteiger partial charge on any atom is 0.408 e. The summed E-state index contributed by atoms with van der Waals surface area (Å²) in [4.78, 5) is 52.8. The minimum Gasteiger partial charge on any atom is -0.466 e. The number of amides is 3. The second-order valence-electron chi connectivity index (χ2n) is 9.87. The Bertz CT molecular complexity index is 1010. The molecule has 36 heavy (non-hydrogen) atoms. The van der Waals surface area contributed by atoms with Gasteiger partial charge in [-0.3, -0.25) is 14.4 Å². The molecule has 1 aromatic carbocycles. The molecule has 4 atom stereocenters. The van der Waals surface area contributed by atoms with E-state index in [-0.39, 0.29) is 31.5 Å². The second-order valence-corrected chi connectivity index (χ2v) is 9.87. The molecule has 1 aliphatic rings. The molecular formula is C27H37N3O6. The van der Waals surface area contributed by atoms with Crippen LogP contribution in [0.3, 0.4) is 0 Å². The summed E-state index contributed by atoms with van der Waals surface area (Å²) in [5.74, 6) is 1.41. The largest absolute Gasteiger partial charge is 0.466 e. The Morgan fingerprint density at radius 3 is 2.42 bits per heavy atom. The van der Waals surface area contributed by atoms with Crippen LogP contribution in [0.15, 0.2) is 24.3 Å². The third kappa shape index (κ3) is 8.01. The summed E-state index contributed by atoms with van der Waals surface area (Å²) in [5, 5.41) is 5.33. The van der Waals surface area contributed by atoms with Crippen LogP contribution in [0, 0.1) is 18.3 Å². The molecule has 1 aliphatic carbocycles. The van der Waals surface area contributed by atoms with Crippen LogP contribution in [-0.2, 0) is 23.9 Å². The summed E-state index contributed by atoms with van der Waals surface area (Å²) < 4.78 is 10.2. The highest BCUT2D eigenvalue weighted by Crippen LogP contribution is 2.41. The average molecular weight is 500 g/mol. The number of carbonyl (C=O) groups excluding carboxylic acids is 4. The zero-order valence-corrected chi connectivity index (χ0v) is 21.9. The lowest BCUT2D eigenvalue weighted by Gasteiger charge is -2.34. The van der Waals surface area contributed by atoms with Crippen molar-refractivity contribution in [3.05, 3.63) is 35.4 Å². The molecule has 0 saturated heterocycles. The van der Waals surface area contributed by atoms with Gasteiger partial charge in [-0.2, -0.15) is 0 Å². The predicted molar refractivity (Wildman–Crippen MR) is 135 cm³/mol. The van der Waals surface area contributed by atoms with Crippen molar-refractivity contribution in [2.75, 3.05) is 13.2 Å². The number of nitrogens with one attached hydrogen (secondary N) is 2. The number of esters is 1. The van der Waals surface area contributed by atoms with E-state index in [0.29, 0.717) is 17.5 Å². The van der Waals surface area contributed by atoms with Crippen LogP contribution in [0.5, 0.6) is 0 Å². The molecule has 0 radical (unpaired) electrons. The van der Waals surface area contributed by atoms with Crippen molar-refractivity contribution in [1.82, 2.24) is 15.5 Å². The predicted octanol–water partition coefficient (Wildman–Crippen LogP) is 2.93. The molecule has 4 unspecified atom stereocenters. The van der Waals surface area contributed by atoms with Gasteiger partial charge in [-0.05, 0) is 58.6 Å². The number of benzene rings is 1. The minimum absolute atomic E-state index is 0.00648. The monoisotopic (exact) mass is 499 g/mol. The van der Waals surface area contributed by atoms with Crippen LogP contribution >= 0.6 is 0 Å². The summed E-state index contributed by atoms with van der Waals surface area (Å²) >= 11 is 0. The minimum atomic E-state index is -1.05. The van der Waals surface area contributed by atoms with E-state index in [1.807, 2.05) is 6.92 Å². The third-order valence-electron chi connectivity index (χ3n) is 5.65. The number of alkyl carbamates (subject to hydrolysis) is 1. The second kappa shape index (κ2) is 12.4. The van der Waals surface area contributed by atoms with E-state index in [1.165, 1.54) is 4.90 Å². The Balaban J connectivity index is 2.37. The molecule has 1 fully saturated rings. The first-order valence-electron chi connectivity index (χ1n) is 12.2. The van der Waals surface area contributed by atoms with Gasteiger partial charge in [-0.25, -0.2) is 4.79 Å². The van der Waals surface area contributed by atoms with Gasteiger partial charge < -0.3 is 25.0 Å². The SMILES string of the molecule is C#Cc1ccccc1C(C(=O)NCCC(=O)OCC)N(C(=O)C(C)NC(=O)OC(C)(C)C)C1CC1C. The molecule has 2 rings (SSSR count).